The molecule has 0 unspecified atom stereocenters. The van der Waals surface area contributed by atoms with Crippen molar-refractivity contribution in [2.24, 2.45) is 0 Å². The highest BCUT2D eigenvalue weighted by Crippen LogP contribution is 2.27. The van der Waals surface area contributed by atoms with Gasteiger partial charge in [0.1, 0.15) is 5.78 Å². The molecule has 1 aromatic carbocycles. The molecule has 0 aliphatic heterocycles. The predicted octanol–water partition coefficient (Wildman–Crippen LogP) is 4.51. The Labute approximate surface area is 112 Å². The topological polar surface area (TPSA) is 17.1 Å². The van der Waals surface area contributed by atoms with Gasteiger partial charge in [-0.2, -0.15) is 0 Å². The lowest BCUT2D eigenvalue weighted by Crippen LogP contribution is -2.13. The fourth-order valence-electron chi connectivity index (χ4n) is 2.26. The molecule has 0 aliphatic carbocycles. The van der Waals surface area contributed by atoms with E-state index in [1.165, 1.54) is 22.3 Å². The standard InChI is InChI=1S/C17H26O/c1-7-15(18)8-9-16-12(2)10-14(11-13(16)3)17(4,5)6/h10-11H,7-9H2,1-6H3. The molecule has 0 amide bonds. The molecule has 0 bridgehead atoms. The summed E-state index contributed by atoms with van der Waals surface area (Å²) in [4.78, 5) is 11.4. The maximum atomic E-state index is 11.4. The first-order valence-corrected chi connectivity index (χ1v) is 6.88. The zero-order valence-electron chi connectivity index (χ0n) is 12.7. The Kier molecular flexibility index (Phi) is 4.72. The molecule has 1 aromatic rings. The number of benzene rings is 1. The molecule has 0 fully saturated rings. The van der Waals surface area contributed by atoms with Crippen LogP contribution >= 0.6 is 0 Å². The molecule has 0 spiro atoms. The molecule has 18 heavy (non-hydrogen) atoms. The van der Waals surface area contributed by atoms with Gasteiger partial charge in [-0.25, -0.2) is 0 Å². The predicted molar refractivity (Wildman–Crippen MR) is 78.2 cm³/mol. The number of carbonyl (C=O) groups excluding carboxylic acids is 1. The molecule has 0 saturated heterocycles. The van der Waals surface area contributed by atoms with Gasteiger partial charge in [-0.3, -0.25) is 4.79 Å². The van der Waals surface area contributed by atoms with Crippen LogP contribution in [0.1, 0.15) is 62.8 Å². The first-order valence-electron chi connectivity index (χ1n) is 6.88. The van der Waals surface area contributed by atoms with Crippen molar-refractivity contribution in [3.63, 3.8) is 0 Å². The van der Waals surface area contributed by atoms with E-state index >= 15 is 0 Å². The van der Waals surface area contributed by atoms with Crippen molar-refractivity contribution in [1.29, 1.82) is 0 Å². The maximum Gasteiger partial charge on any atom is 0.132 e. The normalized spacial score (nSPS) is 11.7. The van der Waals surface area contributed by atoms with Crippen molar-refractivity contribution in [3.8, 4) is 0 Å². The Morgan fingerprint density at radius 2 is 1.61 bits per heavy atom. The fourth-order valence-corrected chi connectivity index (χ4v) is 2.26. The first kappa shape index (κ1) is 14.9. The quantitative estimate of drug-likeness (QED) is 0.763. The zero-order valence-corrected chi connectivity index (χ0v) is 12.7. The van der Waals surface area contributed by atoms with E-state index in [-0.39, 0.29) is 5.41 Å². The lowest BCUT2D eigenvalue weighted by molar-refractivity contribution is -0.118. The summed E-state index contributed by atoms with van der Waals surface area (Å²) in [6.45, 7) is 13.0. The summed E-state index contributed by atoms with van der Waals surface area (Å²) in [6, 6.07) is 4.55. The Hall–Kier alpha value is -1.11. The van der Waals surface area contributed by atoms with Crippen molar-refractivity contribution in [2.75, 3.05) is 0 Å². The van der Waals surface area contributed by atoms with Gasteiger partial charge in [0.05, 0.1) is 0 Å². The summed E-state index contributed by atoms with van der Waals surface area (Å²) < 4.78 is 0. The molecule has 0 aliphatic rings. The number of aryl methyl sites for hydroxylation is 2. The third kappa shape index (κ3) is 3.69. The number of ketones is 1. The van der Waals surface area contributed by atoms with Crippen LogP contribution in [0.2, 0.25) is 0 Å². The number of carbonyl (C=O) groups is 1. The molecule has 0 saturated carbocycles. The minimum Gasteiger partial charge on any atom is -0.300 e. The second-order valence-corrected chi connectivity index (χ2v) is 6.23. The van der Waals surface area contributed by atoms with Crippen molar-refractivity contribution in [3.05, 3.63) is 34.4 Å². The SMILES string of the molecule is CCC(=O)CCc1c(C)cc(C(C)(C)C)cc1C. The van der Waals surface area contributed by atoms with Crippen LogP contribution in [-0.4, -0.2) is 5.78 Å². The Balaban J connectivity index is 2.98. The average molecular weight is 246 g/mol. The van der Waals surface area contributed by atoms with Crippen LogP contribution in [0.4, 0.5) is 0 Å². The van der Waals surface area contributed by atoms with Gasteiger partial charge in [0.2, 0.25) is 0 Å². The molecule has 1 heteroatoms. The molecule has 0 radical (unpaired) electrons. The average Bonchev–Trinajstić information content (AvgIpc) is 2.26. The molecule has 1 rings (SSSR count). The van der Waals surface area contributed by atoms with Crippen LogP contribution in [0.25, 0.3) is 0 Å². The highest BCUT2D eigenvalue weighted by molar-refractivity contribution is 5.78. The third-order valence-corrected chi connectivity index (χ3v) is 3.61. The second kappa shape index (κ2) is 5.69. The maximum absolute atomic E-state index is 11.4. The van der Waals surface area contributed by atoms with Crippen LogP contribution in [0.5, 0.6) is 0 Å². The molecule has 0 atom stereocenters. The van der Waals surface area contributed by atoms with E-state index in [2.05, 4.69) is 46.8 Å². The molecular weight excluding hydrogens is 220 g/mol. The van der Waals surface area contributed by atoms with Crippen LogP contribution < -0.4 is 0 Å². The largest absolute Gasteiger partial charge is 0.300 e. The highest BCUT2D eigenvalue weighted by atomic mass is 16.1. The van der Waals surface area contributed by atoms with Gasteiger partial charge in [-0.15, -0.1) is 0 Å². The van der Waals surface area contributed by atoms with Crippen LogP contribution in [-0.2, 0) is 16.6 Å². The molecule has 0 aromatic heterocycles. The summed E-state index contributed by atoms with van der Waals surface area (Å²) in [5, 5.41) is 0. The molecule has 1 nitrogen and oxygen atoms in total. The smallest absolute Gasteiger partial charge is 0.132 e. The van der Waals surface area contributed by atoms with E-state index in [0.29, 0.717) is 18.6 Å². The highest BCUT2D eigenvalue weighted by Gasteiger charge is 2.16. The van der Waals surface area contributed by atoms with E-state index < -0.39 is 0 Å². The molecule has 0 N–H and O–H groups in total. The Morgan fingerprint density at radius 3 is 2.00 bits per heavy atom. The minimum atomic E-state index is 0.188. The number of hydrogen-bond donors (Lipinski definition) is 0. The van der Waals surface area contributed by atoms with Crippen molar-refractivity contribution in [2.45, 2.75) is 66.2 Å². The Morgan fingerprint density at radius 1 is 1.11 bits per heavy atom. The van der Waals surface area contributed by atoms with Gasteiger partial charge in [-0.1, -0.05) is 39.8 Å². The van der Waals surface area contributed by atoms with Crippen molar-refractivity contribution in [1.82, 2.24) is 0 Å². The van der Waals surface area contributed by atoms with E-state index in [1.54, 1.807) is 0 Å². The summed E-state index contributed by atoms with van der Waals surface area (Å²) in [5.41, 5.74) is 5.56. The molecule has 0 heterocycles. The van der Waals surface area contributed by atoms with Crippen LogP contribution in [0.15, 0.2) is 12.1 Å². The van der Waals surface area contributed by atoms with Crippen LogP contribution in [0, 0.1) is 13.8 Å². The fraction of sp³-hybridized carbons (Fsp3) is 0.588. The summed E-state index contributed by atoms with van der Waals surface area (Å²) in [7, 11) is 0. The van der Waals surface area contributed by atoms with Gasteiger partial charge in [0.25, 0.3) is 0 Å². The monoisotopic (exact) mass is 246 g/mol. The molecule has 100 valence electrons. The summed E-state index contributed by atoms with van der Waals surface area (Å²) in [6.07, 6.45) is 2.21. The van der Waals surface area contributed by atoms with Crippen molar-refractivity contribution >= 4 is 5.78 Å². The van der Waals surface area contributed by atoms with E-state index in [4.69, 9.17) is 0 Å². The van der Waals surface area contributed by atoms with E-state index in [9.17, 15) is 4.79 Å². The summed E-state index contributed by atoms with van der Waals surface area (Å²) >= 11 is 0. The first-order chi connectivity index (χ1) is 8.25. The number of rotatable bonds is 4. The lowest BCUT2D eigenvalue weighted by Gasteiger charge is -2.22. The second-order valence-electron chi connectivity index (χ2n) is 6.23. The third-order valence-electron chi connectivity index (χ3n) is 3.61. The van der Waals surface area contributed by atoms with Crippen LogP contribution in [0.3, 0.4) is 0 Å². The van der Waals surface area contributed by atoms with Gasteiger partial charge >= 0.3 is 0 Å². The van der Waals surface area contributed by atoms with Gasteiger partial charge in [-0.05, 0) is 47.9 Å². The number of Topliss-reactive ketones (excluding diaryl/α,β-unsaturated/α-hetero) is 1. The van der Waals surface area contributed by atoms with Gasteiger partial charge in [0.15, 0.2) is 0 Å². The van der Waals surface area contributed by atoms with E-state index in [1.807, 2.05) is 6.92 Å². The van der Waals surface area contributed by atoms with Gasteiger partial charge < -0.3 is 0 Å². The zero-order chi connectivity index (χ0) is 13.9. The Bertz CT molecular complexity index is 412. The summed E-state index contributed by atoms with van der Waals surface area (Å²) in [5.74, 6) is 0.355. The number of hydrogen-bond acceptors (Lipinski definition) is 1. The molecular formula is C17H26O. The van der Waals surface area contributed by atoms with Crippen molar-refractivity contribution < 1.29 is 4.79 Å². The minimum absolute atomic E-state index is 0.188. The van der Waals surface area contributed by atoms with E-state index in [0.717, 1.165) is 6.42 Å². The lowest BCUT2D eigenvalue weighted by atomic mass is 9.83. The van der Waals surface area contributed by atoms with Gasteiger partial charge in [0, 0.05) is 12.8 Å².